The first-order valence-corrected chi connectivity index (χ1v) is 9.20. The van der Waals surface area contributed by atoms with Crippen molar-refractivity contribution in [3.05, 3.63) is 23.8 Å². The van der Waals surface area contributed by atoms with Crippen LogP contribution in [0, 0.1) is 17.8 Å². The predicted molar refractivity (Wildman–Crippen MR) is 93.5 cm³/mol. The van der Waals surface area contributed by atoms with Crippen LogP contribution in [0.25, 0.3) is 0 Å². The number of ether oxygens (including phenoxy) is 2. The van der Waals surface area contributed by atoms with Crippen LogP contribution in [0.4, 0.5) is 0 Å². The van der Waals surface area contributed by atoms with Crippen LogP contribution < -0.4 is 15.0 Å². The van der Waals surface area contributed by atoms with E-state index in [1.807, 2.05) is 6.07 Å². The fourth-order valence-electron chi connectivity index (χ4n) is 5.87. The monoisotopic (exact) mass is 345 g/mol. The molecule has 25 heavy (non-hydrogen) atoms. The van der Waals surface area contributed by atoms with Gasteiger partial charge in [0.15, 0.2) is 0 Å². The molecule has 3 unspecified atom stereocenters. The molecule has 5 rings (SSSR count). The summed E-state index contributed by atoms with van der Waals surface area (Å²) in [5, 5.41) is 0. The van der Waals surface area contributed by atoms with E-state index < -0.39 is 0 Å². The van der Waals surface area contributed by atoms with Crippen molar-refractivity contribution in [2.24, 2.45) is 17.8 Å². The van der Waals surface area contributed by atoms with Crippen LogP contribution in [0.2, 0.25) is 0 Å². The number of carbonyl (C=O) groups is 1. The Bertz CT molecular complexity index is 637. The van der Waals surface area contributed by atoms with Gasteiger partial charge in [-0.15, -0.1) is 0 Å². The van der Waals surface area contributed by atoms with Crippen molar-refractivity contribution in [3.8, 4) is 11.5 Å². The second-order valence-electron chi connectivity index (χ2n) is 8.06. The maximum absolute atomic E-state index is 11.5. The second-order valence-corrected chi connectivity index (χ2v) is 8.06. The predicted octanol–water partition coefficient (Wildman–Crippen LogP) is 3.43. The van der Waals surface area contributed by atoms with Gasteiger partial charge in [-0.05, 0) is 67.6 Å². The molecule has 0 spiro atoms. The summed E-state index contributed by atoms with van der Waals surface area (Å²) < 4.78 is 11.0. The topological polar surface area (TPSA) is 56.8 Å². The van der Waals surface area contributed by atoms with E-state index in [0.29, 0.717) is 5.92 Å². The zero-order valence-electron chi connectivity index (χ0n) is 15.2. The van der Waals surface area contributed by atoms with Gasteiger partial charge in [-0.25, -0.2) is 5.48 Å². The van der Waals surface area contributed by atoms with Gasteiger partial charge in [0.1, 0.15) is 17.1 Å². The summed E-state index contributed by atoms with van der Waals surface area (Å²) >= 11 is 0. The minimum atomic E-state index is -0.308. The molecule has 4 aliphatic rings. The average molecular weight is 345 g/mol. The largest absolute Gasteiger partial charge is 0.497 e. The average Bonchev–Trinajstić information content (AvgIpc) is 2.58. The van der Waals surface area contributed by atoms with Crippen molar-refractivity contribution in [1.82, 2.24) is 5.48 Å². The van der Waals surface area contributed by atoms with E-state index in [1.54, 1.807) is 14.2 Å². The molecule has 4 aliphatic carbocycles. The molecule has 1 amide bonds. The number of rotatable bonds is 5. The lowest BCUT2D eigenvalue weighted by Crippen LogP contribution is -2.59. The molecule has 4 saturated carbocycles. The molecule has 136 valence electrons. The highest BCUT2D eigenvalue weighted by Crippen LogP contribution is 2.63. The number of hydrogen-bond donors (Lipinski definition) is 1. The summed E-state index contributed by atoms with van der Waals surface area (Å²) in [5.74, 6) is 3.76. The van der Waals surface area contributed by atoms with Gasteiger partial charge in [-0.3, -0.25) is 9.63 Å². The number of methoxy groups -OCH3 is 2. The molecular weight excluding hydrogens is 318 g/mol. The van der Waals surface area contributed by atoms with Crippen LogP contribution in [0.3, 0.4) is 0 Å². The fourth-order valence-corrected chi connectivity index (χ4v) is 5.87. The smallest absolute Gasteiger partial charge is 0.240 e. The van der Waals surface area contributed by atoms with Crippen molar-refractivity contribution >= 4 is 5.91 Å². The summed E-state index contributed by atoms with van der Waals surface area (Å²) in [6.45, 7) is 1.50. The third kappa shape index (κ3) is 2.88. The molecule has 1 aromatic carbocycles. The first-order chi connectivity index (χ1) is 12.0. The summed E-state index contributed by atoms with van der Waals surface area (Å²) in [5.41, 5.74) is 3.55. The van der Waals surface area contributed by atoms with Crippen molar-refractivity contribution < 1.29 is 19.1 Å². The van der Waals surface area contributed by atoms with E-state index in [0.717, 1.165) is 36.2 Å². The minimum Gasteiger partial charge on any atom is -0.497 e. The van der Waals surface area contributed by atoms with Gasteiger partial charge < -0.3 is 9.47 Å². The Morgan fingerprint density at radius 3 is 2.16 bits per heavy atom. The fraction of sp³-hybridized carbons (Fsp3) is 0.650. The number of hydrogen-bond acceptors (Lipinski definition) is 4. The van der Waals surface area contributed by atoms with E-state index >= 15 is 0 Å². The van der Waals surface area contributed by atoms with Gasteiger partial charge in [0.2, 0.25) is 5.91 Å². The molecule has 5 heteroatoms. The standard InChI is InChI=1S/C20H27NO4/c1-12(22)21-25-20-10-13-4-14(11-20)6-15(5-13)19(20)16-7-17(23-2)9-18(8-16)24-3/h7-9,13-15,19H,4-6,10-11H2,1-3H3,(H,21,22). The second kappa shape index (κ2) is 6.20. The normalized spacial score (nSPS) is 35.5. The molecule has 0 aliphatic heterocycles. The zero-order valence-corrected chi connectivity index (χ0v) is 15.2. The van der Waals surface area contributed by atoms with Crippen molar-refractivity contribution in [2.75, 3.05) is 14.2 Å². The Hall–Kier alpha value is -1.75. The third-order valence-corrected chi connectivity index (χ3v) is 6.38. The summed E-state index contributed by atoms with van der Waals surface area (Å²) in [7, 11) is 3.36. The molecular formula is C20H27NO4. The van der Waals surface area contributed by atoms with Crippen LogP contribution in [0.1, 0.15) is 50.5 Å². The SMILES string of the molecule is COc1cc(OC)cc(C2C3CC4CC(C3)CC2(ONC(C)=O)C4)c1. The van der Waals surface area contributed by atoms with E-state index in [4.69, 9.17) is 14.3 Å². The van der Waals surface area contributed by atoms with Crippen molar-refractivity contribution in [3.63, 3.8) is 0 Å². The molecule has 0 radical (unpaired) electrons. The van der Waals surface area contributed by atoms with E-state index in [2.05, 4.69) is 17.6 Å². The third-order valence-electron chi connectivity index (χ3n) is 6.38. The Morgan fingerprint density at radius 2 is 1.64 bits per heavy atom. The molecule has 3 atom stereocenters. The summed E-state index contributed by atoms with van der Waals surface area (Å²) in [4.78, 5) is 17.6. The Kier molecular flexibility index (Phi) is 4.14. The van der Waals surface area contributed by atoms with Gasteiger partial charge in [-0.2, -0.15) is 0 Å². The lowest BCUT2D eigenvalue weighted by atomic mass is 9.48. The number of carbonyl (C=O) groups excluding carboxylic acids is 1. The van der Waals surface area contributed by atoms with Crippen LogP contribution in [0.15, 0.2) is 18.2 Å². The zero-order chi connectivity index (χ0) is 17.6. The van der Waals surface area contributed by atoms with E-state index in [1.165, 1.54) is 31.7 Å². The minimum absolute atomic E-state index is 0.141. The molecule has 0 heterocycles. The Labute approximate surface area is 149 Å². The van der Waals surface area contributed by atoms with Crippen LogP contribution in [0.5, 0.6) is 11.5 Å². The Balaban J connectivity index is 1.74. The molecule has 1 aromatic rings. The first-order valence-electron chi connectivity index (χ1n) is 9.20. The quantitative estimate of drug-likeness (QED) is 0.831. The number of hydroxylamine groups is 1. The Morgan fingerprint density at radius 1 is 1.04 bits per heavy atom. The van der Waals surface area contributed by atoms with E-state index in [9.17, 15) is 4.79 Å². The van der Waals surface area contributed by atoms with Gasteiger partial charge in [-0.1, -0.05) is 0 Å². The van der Waals surface area contributed by atoms with Gasteiger partial charge in [0.05, 0.1) is 14.2 Å². The molecule has 0 aromatic heterocycles. The maximum Gasteiger partial charge on any atom is 0.240 e. The lowest BCUT2D eigenvalue weighted by Gasteiger charge is -2.60. The highest BCUT2D eigenvalue weighted by atomic mass is 16.7. The van der Waals surface area contributed by atoms with Crippen LogP contribution in [-0.4, -0.2) is 25.7 Å². The number of amides is 1. The summed E-state index contributed by atoms with van der Waals surface area (Å²) in [6.07, 6.45) is 5.86. The molecule has 1 N–H and O–H groups in total. The lowest BCUT2D eigenvalue weighted by molar-refractivity contribution is -0.211. The number of nitrogens with one attached hydrogen (secondary N) is 1. The van der Waals surface area contributed by atoms with Gasteiger partial charge >= 0.3 is 0 Å². The van der Waals surface area contributed by atoms with Crippen LogP contribution in [-0.2, 0) is 9.63 Å². The summed E-state index contributed by atoms with van der Waals surface area (Å²) in [6, 6.07) is 6.11. The molecule has 5 nitrogen and oxygen atoms in total. The first kappa shape index (κ1) is 16.7. The maximum atomic E-state index is 11.5. The molecule has 0 saturated heterocycles. The van der Waals surface area contributed by atoms with Crippen molar-refractivity contribution in [2.45, 2.75) is 50.5 Å². The van der Waals surface area contributed by atoms with Crippen LogP contribution >= 0.6 is 0 Å². The van der Waals surface area contributed by atoms with Gasteiger partial charge in [0.25, 0.3) is 0 Å². The van der Waals surface area contributed by atoms with E-state index in [-0.39, 0.29) is 17.4 Å². The number of benzene rings is 1. The highest BCUT2D eigenvalue weighted by Gasteiger charge is 2.59. The molecule has 4 fully saturated rings. The highest BCUT2D eigenvalue weighted by molar-refractivity contribution is 5.71. The van der Waals surface area contributed by atoms with Crippen molar-refractivity contribution in [1.29, 1.82) is 0 Å². The molecule has 4 bridgehead atoms. The van der Waals surface area contributed by atoms with Gasteiger partial charge in [0, 0.05) is 18.9 Å².